The van der Waals surface area contributed by atoms with Crippen molar-refractivity contribution in [3.8, 4) is 17.2 Å². The molecule has 176 valence electrons. The van der Waals surface area contributed by atoms with E-state index in [0.717, 1.165) is 41.6 Å². The molecule has 0 saturated carbocycles. The van der Waals surface area contributed by atoms with Crippen molar-refractivity contribution >= 4 is 23.2 Å². The maximum atomic E-state index is 13.1. The maximum Gasteiger partial charge on any atom is 0.416 e. The zero-order chi connectivity index (χ0) is 24.1. The Morgan fingerprint density at radius 2 is 1.71 bits per heavy atom. The molecule has 0 fully saturated rings. The first kappa shape index (κ1) is 23.4. The van der Waals surface area contributed by atoms with Gasteiger partial charge in [0.05, 0.1) is 30.3 Å². The van der Waals surface area contributed by atoms with E-state index in [1.165, 1.54) is 12.1 Å². The number of rotatable bonds is 8. The van der Waals surface area contributed by atoms with Gasteiger partial charge in [-0.1, -0.05) is 37.6 Å². The predicted molar refractivity (Wildman–Crippen MR) is 128 cm³/mol. The molecule has 0 spiro atoms. The molecule has 0 aliphatic rings. The van der Waals surface area contributed by atoms with Gasteiger partial charge in [0.1, 0.15) is 5.82 Å². The smallest absolute Gasteiger partial charge is 0.416 e. The van der Waals surface area contributed by atoms with E-state index >= 15 is 0 Å². The third-order valence-electron chi connectivity index (χ3n) is 5.43. The van der Waals surface area contributed by atoms with Crippen molar-refractivity contribution in [2.24, 2.45) is 0 Å². The lowest BCUT2D eigenvalue weighted by molar-refractivity contribution is -0.137. The van der Waals surface area contributed by atoms with Crippen LogP contribution >= 0.6 is 0 Å². The largest absolute Gasteiger partial charge is 0.493 e. The van der Waals surface area contributed by atoms with Crippen molar-refractivity contribution in [3.63, 3.8) is 0 Å². The summed E-state index contributed by atoms with van der Waals surface area (Å²) in [5.41, 5.74) is 2.26. The van der Waals surface area contributed by atoms with Crippen LogP contribution in [0, 0.1) is 0 Å². The fraction of sp³-hybridized carbons (Fsp3) is 0.222. The highest BCUT2D eigenvalue weighted by molar-refractivity contribution is 5.83. The number of ether oxygens (including phenoxy) is 2. The lowest BCUT2D eigenvalue weighted by Gasteiger charge is -2.13. The first-order valence-corrected chi connectivity index (χ1v) is 11.1. The number of halogens is 3. The molecule has 0 aliphatic carbocycles. The second-order valence-electron chi connectivity index (χ2n) is 7.75. The number of imidazole rings is 1. The molecule has 0 amide bonds. The lowest BCUT2D eigenvalue weighted by Crippen LogP contribution is -2.05. The van der Waals surface area contributed by atoms with Gasteiger partial charge in [0.2, 0.25) is 0 Å². The fourth-order valence-electron chi connectivity index (χ4n) is 3.69. The minimum absolute atomic E-state index is 0.571. The second kappa shape index (κ2) is 10.0. The summed E-state index contributed by atoms with van der Waals surface area (Å²) in [6.07, 6.45) is 1.26. The number of unbranched alkanes of at least 4 members (excludes halogenated alkanes) is 1. The molecule has 3 aromatic carbocycles. The molecule has 0 N–H and O–H groups in total. The number of fused-ring (bicyclic) bond motifs is 1. The summed E-state index contributed by atoms with van der Waals surface area (Å²) in [6, 6.07) is 18.2. The summed E-state index contributed by atoms with van der Waals surface area (Å²) in [5.74, 6) is 1.87. The predicted octanol–water partition coefficient (Wildman–Crippen LogP) is 7.40. The second-order valence-corrected chi connectivity index (χ2v) is 7.75. The Hall–Kier alpha value is -3.74. The van der Waals surface area contributed by atoms with Crippen molar-refractivity contribution < 1.29 is 22.6 Å². The molecule has 1 heterocycles. The fourth-order valence-corrected chi connectivity index (χ4v) is 3.69. The third-order valence-corrected chi connectivity index (χ3v) is 5.43. The Labute approximate surface area is 196 Å². The van der Waals surface area contributed by atoms with Gasteiger partial charge in [0, 0.05) is 11.3 Å². The molecule has 0 unspecified atom stereocenters. The zero-order valence-electron chi connectivity index (χ0n) is 19.0. The van der Waals surface area contributed by atoms with Crippen LogP contribution < -0.4 is 9.47 Å². The minimum atomic E-state index is -4.39. The van der Waals surface area contributed by atoms with Crippen LogP contribution in [0.15, 0.2) is 66.7 Å². The number of hydrogen-bond acceptors (Lipinski definition) is 3. The summed E-state index contributed by atoms with van der Waals surface area (Å²) < 4.78 is 52.5. The van der Waals surface area contributed by atoms with Crippen molar-refractivity contribution in [3.05, 3.63) is 83.7 Å². The molecule has 0 aliphatic heterocycles. The highest BCUT2D eigenvalue weighted by atomic mass is 19.4. The van der Waals surface area contributed by atoms with E-state index in [-0.39, 0.29) is 0 Å². The molecular formula is C27H25F3N2O2. The molecule has 7 heteroatoms. The molecule has 0 atom stereocenters. The van der Waals surface area contributed by atoms with Gasteiger partial charge < -0.3 is 9.47 Å². The standard InChI is InChI=1S/C27H25F3N2O2/c1-3-4-18-34-26-19(8-7-11-24(26)33-2)12-17-25-31-22-9-5-6-10-23(22)32(25)21-15-13-20(14-16-21)27(28,29)30/h5-17H,3-4,18H2,1-2H3/b17-12+. The van der Waals surface area contributed by atoms with Gasteiger partial charge in [-0.2, -0.15) is 13.2 Å². The normalized spacial score (nSPS) is 11.9. The van der Waals surface area contributed by atoms with Gasteiger partial charge in [-0.05, 0) is 61.0 Å². The topological polar surface area (TPSA) is 36.3 Å². The number of nitrogens with zero attached hydrogens (tertiary/aromatic N) is 2. The van der Waals surface area contributed by atoms with E-state index in [9.17, 15) is 13.2 Å². The third kappa shape index (κ3) is 4.93. The molecule has 34 heavy (non-hydrogen) atoms. The SMILES string of the molecule is CCCCOc1c(/C=C/c2nc3ccccc3n2-c2ccc(C(F)(F)F)cc2)cccc1OC. The number of alkyl halides is 3. The summed E-state index contributed by atoms with van der Waals surface area (Å²) >= 11 is 0. The Morgan fingerprint density at radius 1 is 0.941 bits per heavy atom. The molecule has 1 aromatic heterocycles. The van der Waals surface area contributed by atoms with Gasteiger partial charge in [0.25, 0.3) is 0 Å². The van der Waals surface area contributed by atoms with Crippen molar-refractivity contribution in [1.29, 1.82) is 0 Å². The van der Waals surface area contributed by atoms with Gasteiger partial charge in [0.15, 0.2) is 11.5 Å². The van der Waals surface area contributed by atoms with Crippen molar-refractivity contribution in [2.45, 2.75) is 25.9 Å². The minimum Gasteiger partial charge on any atom is -0.493 e. The maximum absolute atomic E-state index is 13.1. The number of hydrogen-bond donors (Lipinski definition) is 0. The van der Waals surface area contributed by atoms with E-state index < -0.39 is 11.7 Å². The van der Waals surface area contributed by atoms with E-state index in [1.807, 2.05) is 59.2 Å². The van der Waals surface area contributed by atoms with E-state index in [1.54, 1.807) is 7.11 Å². The first-order valence-electron chi connectivity index (χ1n) is 11.1. The molecular weight excluding hydrogens is 441 g/mol. The number of methoxy groups -OCH3 is 1. The summed E-state index contributed by atoms with van der Waals surface area (Å²) in [4.78, 5) is 4.70. The van der Waals surface area contributed by atoms with Crippen LogP contribution in [-0.4, -0.2) is 23.3 Å². The van der Waals surface area contributed by atoms with Crippen LogP contribution in [-0.2, 0) is 6.18 Å². The van der Waals surface area contributed by atoms with E-state index in [4.69, 9.17) is 14.5 Å². The molecule has 0 bridgehead atoms. The highest BCUT2D eigenvalue weighted by Crippen LogP contribution is 2.34. The van der Waals surface area contributed by atoms with Crippen LogP contribution in [0.1, 0.15) is 36.7 Å². The van der Waals surface area contributed by atoms with Crippen LogP contribution in [0.4, 0.5) is 13.2 Å². The Bertz CT molecular complexity index is 1290. The van der Waals surface area contributed by atoms with Crippen molar-refractivity contribution in [2.75, 3.05) is 13.7 Å². The Balaban J connectivity index is 1.77. The summed E-state index contributed by atoms with van der Waals surface area (Å²) in [7, 11) is 1.60. The quantitative estimate of drug-likeness (QED) is 0.254. The first-order chi connectivity index (χ1) is 16.4. The zero-order valence-corrected chi connectivity index (χ0v) is 19.0. The number of para-hydroxylation sites is 3. The summed E-state index contributed by atoms with van der Waals surface area (Å²) in [6.45, 7) is 2.67. The van der Waals surface area contributed by atoms with Crippen LogP contribution in [0.2, 0.25) is 0 Å². The molecule has 4 rings (SSSR count). The van der Waals surface area contributed by atoms with Crippen LogP contribution in [0.25, 0.3) is 28.9 Å². The van der Waals surface area contributed by atoms with Crippen molar-refractivity contribution in [1.82, 2.24) is 9.55 Å². The number of aromatic nitrogens is 2. The Kier molecular flexibility index (Phi) is 6.91. The highest BCUT2D eigenvalue weighted by Gasteiger charge is 2.30. The number of benzene rings is 3. The molecule has 4 nitrogen and oxygen atoms in total. The lowest BCUT2D eigenvalue weighted by atomic mass is 10.1. The average molecular weight is 467 g/mol. The van der Waals surface area contributed by atoms with Gasteiger partial charge in [-0.15, -0.1) is 0 Å². The van der Waals surface area contributed by atoms with Crippen LogP contribution in [0.5, 0.6) is 11.5 Å². The average Bonchev–Trinajstić information content (AvgIpc) is 3.21. The monoisotopic (exact) mass is 466 g/mol. The summed E-state index contributed by atoms with van der Waals surface area (Å²) in [5, 5.41) is 0. The molecule has 0 radical (unpaired) electrons. The van der Waals surface area contributed by atoms with Crippen LogP contribution in [0.3, 0.4) is 0 Å². The van der Waals surface area contributed by atoms with Gasteiger partial charge in [-0.3, -0.25) is 4.57 Å². The molecule has 4 aromatic rings. The molecule has 0 saturated heterocycles. The van der Waals surface area contributed by atoms with E-state index in [2.05, 4.69) is 6.92 Å². The van der Waals surface area contributed by atoms with E-state index in [0.29, 0.717) is 29.6 Å². The van der Waals surface area contributed by atoms with Gasteiger partial charge in [-0.25, -0.2) is 4.98 Å². The Morgan fingerprint density at radius 3 is 2.41 bits per heavy atom. The van der Waals surface area contributed by atoms with Gasteiger partial charge >= 0.3 is 6.18 Å².